The predicted octanol–water partition coefficient (Wildman–Crippen LogP) is 6.18. The molecule has 0 spiro atoms. The van der Waals surface area contributed by atoms with Crippen LogP contribution in [0.25, 0.3) is 0 Å². The topological polar surface area (TPSA) is 9.23 Å². The SMILES string of the molecule is C1OCSC2=C(S1)SC(=C1SC3=C(SCS3)S1)S2. The predicted molar refractivity (Wildman–Crippen MR) is 97.5 cm³/mol. The van der Waals surface area contributed by atoms with E-state index in [0.29, 0.717) is 0 Å². The van der Waals surface area contributed by atoms with E-state index >= 15 is 0 Å². The molecule has 0 aromatic carbocycles. The summed E-state index contributed by atoms with van der Waals surface area (Å²) in [5, 5.41) is 1.20. The van der Waals surface area contributed by atoms with Crippen LogP contribution in [-0.4, -0.2) is 17.0 Å². The smallest absolute Gasteiger partial charge is 0.0984 e. The average molecular weight is 387 g/mol. The van der Waals surface area contributed by atoms with Gasteiger partial charge >= 0.3 is 0 Å². The Morgan fingerprint density at radius 1 is 0.556 bits per heavy atom. The Labute approximate surface area is 140 Å². The molecule has 4 aliphatic rings. The van der Waals surface area contributed by atoms with E-state index in [9.17, 15) is 0 Å². The van der Waals surface area contributed by atoms with Crippen molar-refractivity contribution < 1.29 is 4.74 Å². The van der Waals surface area contributed by atoms with E-state index < -0.39 is 0 Å². The molecule has 0 aromatic rings. The molecule has 0 radical (unpaired) electrons. The molecule has 0 saturated carbocycles. The lowest BCUT2D eigenvalue weighted by Gasteiger charge is -2.05. The highest BCUT2D eigenvalue weighted by molar-refractivity contribution is 8.47. The molecule has 0 fully saturated rings. The first-order chi connectivity index (χ1) is 8.90. The normalized spacial score (nSPS) is 28.0. The Kier molecular flexibility index (Phi) is 4.54. The highest BCUT2D eigenvalue weighted by Gasteiger charge is 2.33. The van der Waals surface area contributed by atoms with Gasteiger partial charge in [0.1, 0.15) is 0 Å². The van der Waals surface area contributed by atoms with Gasteiger partial charge < -0.3 is 4.74 Å². The molecule has 0 aromatic heterocycles. The van der Waals surface area contributed by atoms with Crippen molar-refractivity contribution in [1.82, 2.24) is 0 Å². The van der Waals surface area contributed by atoms with Crippen LogP contribution in [0.5, 0.6) is 0 Å². The van der Waals surface area contributed by atoms with Crippen LogP contribution >= 0.6 is 94.1 Å². The van der Waals surface area contributed by atoms with E-state index in [-0.39, 0.29) is 0 Å². The second kappa shape index (κ2) is 6.00. The molecule has 4 aliphatic heterocycles. The van der Waals surface area contributed by atoms with Crippen molar-refractivity contribution >= 4 is 94.1 Å². The third-order valence-corrected chi connectivity index (χ3v) is 13.6. The average Bonchev–Trinajstić information content (AvgIpc) is 3.00. The Bertz CT molecular complexity index is 455. The minimum atomic E-state index is 0.794. The van der Waals surface area contributed by atoms with Crippen LogP contribution in [0.4, 0.5) is 0 Å². The fraction of sp³-hybridized carbons (Fsp3) is 0.333. The van der Waals surface area contributed by atoms with Gasteiger partial charge in [-0.1, -0.05) is 70.6 Å². The van der Waals surface area contributed by atoms with E-state index in [2.05, 4.69) is 0 Å². The van der Waals surface area contributed by atoms with E-state index in [4.69, 9.17) is 4.74 Å². The summed E-state index contributed by atoms with van der Waals surface area (Å²) in [7, 11) is 0. The molecular formula is C9H6OS8. The first-order valence-corrected chi connectivity index (χ1v) is 12.1. The first kappa shape index (κ1) is 13.6. The maximum Gasteiger partial charge on any atom is 0.0984 e. The fourth-order valence-corrected chi connectivity index (χ4v) is 13.5. The van der Waals surface area contributed by atoms with Crippen LogP contribution in [0, 0.1) is 0 Å². The monoisotopic (exact) mass is 386 g/mol. The third-order valence-electron chi connectivity index (χ3n) is 2.17. The quantitative estimate of drug-likeness (QED) is 0.478. The summed E-state index contributed by atoms with van der Waals surface area (Å²) in [6.07, 6.45) is 0. The van der Waals surface area contributed by atoms with Gasteiger partial charge in [0.15, 0.2) is 0 Å². The van der Waals surface area contributed by atoms with Crippen LogP contribution in [0.1, 0.15) is 0 Å². The Hall–Kier alpha value is 1.98. The molecule has 0 saturated heterocycles. The number of rotatable bonds is 0. The van der Waals surface area contributed by atoms with Crippen LogP contribution in [-0.2, 0) is 4.74 Å². The van der Waals surface area contributed by atoms with Crippen molar-refractivity contribution in [1.29, 1.82) is 0 Å². The lowest BCUT2D eigenvalue weighted by Crippen LogP contribution is -1.84. The molecule has 4 heterocycles. The Morgan fingerprint density at radius 2 is 1.00 bits per heavy atom. The van der Waals surface area contributed by atoms with Crippen LogP contribution < -0.4 is 0 Å². The maximum absolute atomic E-state index is 5.47. The van der Waals surface area contributed by atoms with Crippen molar-refractivity contribution in [2.45, 2.75) is 0 Å². The maximum atomic E-state index is 5.47. The molecule has 18 heavy (non-hydrogen) atoms. The molecule has 1 nitrogen and oxygen atoms in total. The molecule has 4 rings (SSSR count). The number of thioether (sulfide) groups is 8. The van der Waals surface area contributed by atoms with Gasteiger partial charge in [-0.15, -0.1) is 23.5 Å². The van der Waals surface area contributed by atoms with Gasteiger partial charge in [-0.2, -0.15) is 0 Å². The van der Waals surface area contributed by atoms with Crippen LogP contribution in [0.3, 0.4) is 0 Å². The standard InChI is InChI=1S/C9H6OS8/c1-10-2-12-5-4(11-1)15-8(16-5)9-17-6-7(18-9)14-3-13-6/h1-3H2. The summed E-state index contributed by atoms with van der Waals surface area (Å²) in [6.45, 7) is 0. The van der Waals surface area contributed by atoms with Gasteiger partial charge in [-0.25, -0.2) is 0 Å². The van der Waals surface area contributed by atoms with E-state index in [1.807, 2.05) is 94.1 Å². The summed E-state index contributed by atoms with van der Waals surface area (Å²) < 4.78 is 14.4. The Morgan fingerprint density at radius 3 is 1.50 bits per heavy atom. The van der Waals surface area contributed by atoms with Crippen molar-refractivity contribution in [3.63, 3.8) is 0 Å². The van der Waals surface area contributed by atoms with Gasteiger partial charge in [0, 0.05) is 5.08 Å². The second-order valence-corrected chi connectivity index (χ2v) is 13.1. The minimum absolute atomic E-state index is 0.794. The molecule has 0 amide bonds. The van der Waals surface area contributed by atoms with E-state index in [0.717, 1.165) is 11.9 Å². The van der Waals surface area contributed by atoms with Crippen molar-refractivity contribution in [3.8, 4) is 0 Å². The molecule has 0 N–H and O–H groups in total. The summed E-state index contributed by atoms with van der Waals surface area (Å²) in [5.74, 6) is 1.59. The summed E-state index contributed by atoms with van der Waals surface area (Å²) in [6, 6.07) is 0. The zero-order valence-corrected chi connectivity index (χ0v) is 15.3. The largest absolute Gasteiger partial charge is 0.360 e. The van der Waals surface area contributed by atoms with Gasteiger partial charge in [-0.05, 0) is 0 Å². The van der Waals surface area contributed by atoms with E-state index in [1.54, 1.807) is 0 Å². The van der Waals surface area contributed by atoms with Crippen molar-refractivity contribution in [2.75, 3.05) is 17.0 Å². The summed E-state index contributed by atoms with van der Waals surface area (Å²) >= 11 is 15.5. The molecule has 0 unspecified atom stereocenters. The molecule has 96 valence electrons. The van der Waals surface area contributed by atoms with Gasteiger partial charge in [-0.3, -0.25) is 0 Å². The summed E-state index contributed by atoms with van der Waals surface area (Å²) in [4.78, 5) is 0. The first-order valence-electron chi connectivity index (χ1n) is 4.93. The van der Waals surface area contributed by atoms with Gasteiger partial charge in [0.05, 0.1) is 37.3 Å². The van der Waals surface area contributed by atoms with E-state index in [1.165, 1.54) is 30.5 Å². The summed E-state index contributed by atoms with van der Waals surface area (Å²) in [5.41, 5.74) is 0. The van der Waals surface area contributed by atoms with Crippen LogP contribution in [0.15, 0.2) is 25.4 Å². The fourth-order valence-electron chi connectivity index (χ4n) is 1.43. The highest BCUT2D eigenvalue weighted by atomic mass is 32.3. The second-order valence-electron chi connectivity index (χ2n) is 3.27. The highest BCUT2D eigenvalue weighted by Crippen LogP contribution is 2.68. The zero-order valence-electron chi connectivity index (χ0n) is 8.80. The number of hydrogen-bond acceptors (Lipinski definition) is 9. The van der Waals surface area contributed by atoms with Gasteiger partial charge in [0.2, 0.25) is 0 Å². The molecule has 9 heteroatoms. The van der Waals surface area contributed by atoms with Crippen LogP contribution in [0.2, 0.25) is 0 Å². The lowest BCUT2D eigenvalue weighted by molar-refractivity contribution is 0.242. The third kappa shape index (κ3) is 2.68. The lowest BCUT2D eigenvalue weighted by atomic mass is 11.2. The number of hydrogen-bond donors (Lipinski definition) is 0. The Balaban J connectivity index is 1.53. The molecule has 0 atom stereocenters. The van der Waals surface area contributed by atoms with Crippen molar-refractivity contribution in [3.05, 3.63) is 25.4 Å². The molecular weight excluding hydrogens is 381 g/mol. The molecule has 0 aliphatic carbocycles. The van der Waals surface area contributed by atoms with Crippen molar-refractivity contribution in [2.24, 2.45) is 0 Å². The number of ether oxygens (including phenoxy) is 1. The van der Waals surface area contributed by atoms with Gasteiger partial charge in [0.25, 0.3) is 0 Å². The zero-order chi connectivity index (χ0) is 11.9. The molecule has 0 bridgehead atoms. The minimum Gasteiger partial charge on any atom is -0.360 e.